The third-order valence-corrected chi connectivity index (χ3v) is 6.10. The molecule has 5 rings (SSSR count). The van der Waals surface area contributed by atoms with E-state index in [0.717, 1.165) is 53.7 Å². The van der Waals surface area contributed by atoms with E-state index in [-0.39, 0.29) is 0 Å². The number of rotatable bonds is 6. The first kappa shape index (κ1) is 21.0. The maximum atomic E-state index is 12.5. The Morgan fingerprint density at radius 3 is 2.73 bits per heavy atom. The van der Waals surface area contributed by atoms with E-state index >= 15 is 0 Å². The van der Waals surface area contributed by atoms with Crippen LogP contribution < -0.4 is 31.0 Å². The van der Waals surface area contributed by atoms with Crippen LogP contribution in [0.3, 0.4) is 0 Å². The van der Waals surface area contributed by atoms with Gasteiger partial charge in [-0.1, -0.05) is 18.2 Å². The minimum absolute atomic E-state index is 0.484. The van der Waals surface area contributed by atoms with Crippen LogP contribution in [-0.2, 0) is 4.79 Å². The Labute approximate surface area is 192 Å². The molecule has 33 heavy (non-hydrogen) atoms. The molecule has 1 saturated heterocycles. The van der Waals surface area contributed by atoms with Crippen LogP contribution in [0.4, 0.5) is 11.4 Å². The van der Waals surface area contributed by atoms with Gasteiger partial charge in [0.15, 0.2) is 5.70 Å². The molecule has 0 saturated carbocycles. The van der Waals surface area contributed by atoms with Gasteiger partial charge in [0, 0.05) is 43.5 Å². The van der Waals surface area contributed by atoms with Gasteiger partial charge in [0.2, 0.25) is 11.9 Å². The third kappa shape index (κ3) is 4.04. The molecule has 1 amide bonds. The van der Waals surface area contributed by atoms with E-state index < -0.39 is 11.9 Å². The average molecular weight is 447 g/mol. The molecule has 2 aromatic carbocycles. The zero-order chi connectivity index (χ0) is 22.8. The van der Waals surface area contributed by atoms with Gasteiger partial charge in [0.1, 0.15) is 11.9 Å². The number of anilines is 2. The number of hydrazine groups is 1. The monoisotopic (exact) mass is 446 g/mol. The third-order valence-electron chi connectivity index (χ3n) is 6.10. The fourth-order valence-corrected chi connectivity index (χ4v) is 4.46. The fraction of sp³-hybridized carbons (Fsp3) is 0.250. The Bertz CT molecular complexity index is 1120. The van der Waals surface area contributed by atoms with Gasteiger partial charge in [-0.15, -0.1) is 0 Å². The van der Waals surface area contributed by atoms with Crippen molar-refractivity contribution >= 4 is 28.8 Å². The molecule has 2 unspecified atom stereocenters. The number of fused-ring (bicyclic) bond motifs is 1. The van der Waals surface area contributed by atoms with Crippen LogP contribution in [0.25, 0.3) is 5.70 Å². The lowest BCUT2D eigenvalue weighted by Crippen LogP contribution is -3.10. The van der Waals surface area contributed by atoms with Crippen LogP contribution in [0.1, 0.15) is 5.56 Å². The first-order chi connectivity index (χ1) is 16.2. The summed E-state index contributed by atoms with van der Waals surface area (Å²) in [7, 11) is 1.64. The topological polar surface area (TPSA) is 99.7 Å². The van der Waals surface area contributed by atoms with Gasteiger partial charge < -0.3 is 20.7 Å². The van der Waals surface area contributed by atoms with E-state index in [2.05, 4.69) is 26.7 Å². The number of nitrogens with one attached hydrogen (secondary N) is 3. The summed E-state index contributed by atoms with van der Waals surface area (Å²) in [6.45, 7) is 3.80. The Kier molecular flexibility index (Phi) is 5.72. The number of nitrogens with zero attached hydrogens (tertiary/aromatic N) is 3. The van der Waals surface area contributed by atoms with Crippen LogP contribution in [-0.4, -0.2) is 56.1 Å². The minimum atomic E-state index is -0.750. The molecule has 0 aromatic heterocycles. The molecule has 2 aromatic rings. The summed E-state index contributed by atoms with van der Waals surface area (Å²) in [5.74, 6) is 0.833. The van der Waals surface area contributed by atoms with Crippen LogP contribution in [0, 0.1) is 0 Å². The van der Waals surface area contributed by atoms with Crippen LogP contribution in [0.2, 0.25) is 0 Å². The second kappa shape index (κ2) is 8.97. The van der Waals surface area contributed by atoms with Gasteiger partial charge in [-0.25, -0.2) is 9.89 Å². The molecule has 9 heteroatoms. The number of piperazine rings is 1. The predicted octanol–water partition coefficient (Wildman–Crippen LogP) is 0.368. The van der Waals surface area contributed by atoms with Crippen molar-refractivity contribution in [3.05, 3.63) is 72.7 Å². The van der Waals surface area contributed by atoms with E-state index in [1.54, 1.807) is 18.3 Å². The fourth-order valence-electron chi connectivity index (χ4n) is 4.46. The standard InChI is InChI=1S/C24H27N7O2/c1-33-21-15-18(29-12-9-26-10-13-29)7-8-19(21)28-31-16-20(17-5-3-2-4-6-17)30-14-11-27-24(30)22(31)23(25)32/h2-8,11,14-16,22,26,28H,9-10,12-13H2,1H3,(H2,25,32)/p+1. The van der Waals surface area contributed by atoms with E-state index in [1.165, 1.54) is 0 Å². The molecule has 2 atom stereocenters. The van der Waals surface area contributed by atoms with E-state index in [4.69, 9.17) is 10.5 Å². The number of aliphatic imine (C=N–C) groups is 1. The molecule has 3 aliphatic heterocycles. The van der Waals surface area contributed by atoms with E-state index in [1.807, 2.05) is 54.9 Å². The van der Waals surface area contributed by atoms with Crippen molar-refractivity contribution in [2.24, 2.45) is 10.7 Å². The van der Waals surface area contributed by atoms with Gasteiger partial charge in [-0.2, -0.15) is 0 Å². The first-order valence-corrected chi connectivity index (χ1v) is 11.0. The highest BCUT2D eigenvalue weighted by atomic mass is 16.5. The summed E-state index contributed by atoms with van der Waals surface area (Å²) in [5, 5.41) is 5.09. The number of primary amides is 1. The molecule has 0 aliphatic carbocycles. The Hall–Kier alpha value is -3.82. The lowest BCUT2D eigenvalue weighted by atomic mass is 10.1. The molecule has 3 aliphatic rings. The van der Waals surface area contributed by atoms with Crippen molar-refractivity contribution in [2.45, 2.75) is 6.04 Å². The summed E-state index contributed by atoms with van der Waals surface area (Å²) >= 11 is 0. The van der Waals surface area contributed by atoms with Crippen LogP contribution >= 0.6 is 0 Å². The number of carbonyl (C=O) groups excluding carboxylic acids is 1. The van der Waals surface area contributed by atoms with Crippen molar-refractivity contribution in [1.82, 2.24) is 10.3 Å². The molecule has 1 fully saturated rings. The summed E-state index contributed by atoms with van der Waals surface area (Å²) in [6, 6.07) is 15.3. The normalized spacial score (nSPS) is 21.8. The van der Waals surface area contributed by atoms with E-state index in [9.17, 15) is 4.79 Å². The zero-order valence-corrected chi connectivity index (χ0v) is 18.5. The summed E-state index contributed by atoms with van der Waals surface area (Å²) in [5.41, 5.74) is 13.0. The SMILES string of the molecule is COc1cc(N2CCNCC2)ccc1NN1C=C(c2ccccc2)[NH+]2C=CN=C2C1C(N)=O. The number of hydrogen-bond donors (Lipinski definition) is 4. The number of amides is 1. The van der Waals surface area contributed by atoms with Crippen molar-refractivity contribution < 1.29 is 14.4 Å². The van der Waals surface area contributed by atoms with Crippen molar-refractivity contribution in [1.29, 1.82) is 0 Å². The second-order valence-corrected chi connectivity index (χ2v) is 8.10. The molecule has 3 heterocycles. The largest absolute Gasteiger partial charge is 0.494 e. The Morgan fingerprint density at radius 1 is 1.21 bits per heavy atom. The number of carbonyl (C=O) groups is 1. The van der Waals surface area contributed by atoms with Gasteiger partial charge in [-0.3, -0.25) is 15.2 Å². The lowest BCUT2D eigenvalue weighted by Gasteiger charge is -2.35. The summed E-state index contributed by atoms with van der Waals surface area (Å²) in [4.78, 5) is 20.2. The van der Waals surface area contributed by atoms with Crippen molar-refractivity contribution in [2.75, 3.05) is 43.6 Å². The maximum Gasteiger partial charge on any atom is 0.254 e. The van der Waals surface area contributed by atoms with Crippen molar-refractivity contribution in [3.8, 4) is 5.75 Å². The Morgan fingerprint density at radius 2 is 2.00 bits per heavy atom. The molecule has 9 nitrogen and oxygen atoms in total. The molecule has 0 spiro atoms. The smallest absolute Gasteiger partial charge is 0.254 e. The molecule has 0 radical (unpaired) electrons. The van der Waals surface area contributed by atoms with Crippen LogP contribution in [0.5, 0.6) is 5.75 Å². The highest BCUT2D eigenvalue weighted by molar-refractivity contribution is 6.06. The number of hydrogen-bond acceptors (Lipinski definition) is 7. The lowest BCUT2D eigenvalue weighted by molar-refractivity contribution is -0.660. The molecular weight excluding hydrogens is 418 g/mol. The highest BCUT2D eigenvalue weighted by Crippen LogP contribution is 2.31. The second-order valence-electron chi connectivity index (χ2n) is 8.10. The van der Waals surface area contributed by atoms with Gasteiger partial charge >= 0.3 is 0 Å². The number of quaternary nitrogens is 1. The van der Waals surface area contributed by atoms with Gasteiger partial charge in [0.25, 0.3) is 5.91 Å². The quantitative estimate of drug-likeness (QED) is 0.512. The van der Waals surface area contributed by atoms with Gasteiger partial charge in [-0.05, 0) is 24.3 Å². The summed E-state index contributed by atoms with van der Waals surface area (Å²) in [6.07, 6.45) is 5.55. The van der Waals surface area contributed by atoms with Crippen molar-refractivity contribution in [3.63, 3.8) is 0 Å². The predicted molar refractivity (Wildman–Crippen MR) is 128 cm³/mol. The van der Waals surface area contributed by atoms with E-state index in [0.29, 0.717) is 11.6 Å². The molecular formula is C24H28N7O2+. The highest BCUT2D eigenvalue weighted by Gasteiger charge is 2.43. The number of benzene rings is 2. The molecule has 0 bridgehead atoms. The Balaban J connectivity index is 1.50. The molecule has 5 N–H and O–H groups in total. The average Bonchev–Trinajstić information content (AvgIpc) is 3.34. The molecule has 170 valence electrons. The minimum Gasteiger partial charge on any atom is -0.494 e. The number of amidine groups is 1. The summed E-state index contributed by atoms with van der Waals surface area (Å²) < 4.78 is 5.70. The maximum absolute atomic E-state index is 12.5. The zero-order valence-electron chi connectivity index (χ0n) is 18.5. The first-order valence-electron chi connectivity index (χ1n) is 11.0. The number of ether oxygens (including phenoxy) is 1. The van der Waals surface area contributed by atoms with Gasteiger partial charge in [0.05, 0.1) is 25.2 Å². The number of methoxy groups -OCH3 is 1. The number of nitrogens with two attached hydrogens (primary N) is 1. The van der Waals surface area contributed by atoms with Crippen LogP contribution in [0.15, 0.2) is 72.1 Å².